The van der Waals surface area contributed by atoms with E-state index >= 15 is 0 Å². The van der Waals surface area contributed by atoms with Crippen molar-refractivity contribution in [1.29, 1.82) is 0 Å². The summed E-state index contributed by atoms with van der Waals surface area (Å²) in [5.41, 5.74) is 4.57. The van der Waals surface area contributed by atoms with E-state index in [-0.39, 0.29) is 11.2 Å². The molecule has 1 aliphatic rings. The van der Waals surface area contributed by atoms with Crippen molar-refractivity contribution < 1.29 is 4.79 Å². The van der Waals surface area contributed by atoms with Crippen LogP contribution in [0.5, 0.6) is 0 Å². The Morgan fingerprint density at radius 2 is 1.96 bits per heavy atom. The molecule has 0 saturated heterocycles. The number of carbonyl (C=O) groups excluding carboxylic acids is 1. The fraction of sp³-hybridized carbons (Fsp3) is 0.333. The zero-order chi connectivity index (χ0) is 18.5. The molecule has 0 radical (unpaired) electrons. The second kappa shape index (κ2) is 5.87. The first-order chi connectivity index (χ1) is 12.4. The van der Waals surface area contributed by atoms with Gasteiger partial charge in [-0.05, 0) is 24.6 Å². The number of aromatic nitrogens is 3. The van der Waals surface area contributed by atoms with Gasteiger partial charge in [0.1, 0.15) is 11.5 Å². The van der Waals surface area contributed by atoms with Gasteiger partial charge in [-0.2, -0.15) is 0 Å². The molecule has 3 aromatic rings. The second-order valence-corrected chi connectivity index (χ2v) is 7.54. The van der Waals surface area contributed by atoms with Gasteiger partial charge in [-0.25, -0.2) is 4.98 Å². The number of rotatable bonds is 3. The molecule has 132 valence electrons. The summed E-state index contributed by atoms with van der Waals surface area (Å²) in [4.78, 5) is 25.5. The monoisotopic (exact) mass is 346 g/mol. The van der Waals surface area contributed by atoms with Gasteiger partial charge in [0, 0.05) is 58.9 Å². The van der Waals surface area contributed by atoms with Crippen molar-refractivity contribution in [3.63, 3.8) is 0 Å². The molecule has 3 aromatic heterocycles. The van der Waals surface area contributed by atoms with E-state index in [0.717, 1.165) is 40.0 Å². The Morgan fingerprint density at radius 1 is 1.15 bits per heavy atom. The summed E-state index contributed by atoms with van der Waals surface area (Å²) in [5, 5.41) is 5.58. The van der Waals surface area contributed by atoms with E-state index in [2.05, 4.69) is 35.2 Å². The number of Topliss-reactive ketones (excluding diaryl/α,β-unsaturated/α-hetero) is 1. The van der Waals surface area contributed by atoms with Crippen LogP contribution >= 0.6 is 0 Å². The number of pyridine rings is 3. The van der Waals surface area contributed by atoms with Gasteiger partial charge in [0.05, 0.1) is 5.69 Å². The van der Waals surface area contributed by atoms with Crippen LogP contribution in [0.3, 0.4) is 0 Å². The Morgan fingerprint density at radius 3 is 2.69 bits per heavy atom. The van der Waals surface area contributed by atoms with Crippen LogP contribution in [0.1, 0.15) is 48.8 Å². The number of nitrogens with one attached hydrogen (secondary N) is 1. The van der Waals surface area contributed by atoms with Crippen LogP contribution in [0.25, 0.3) is 22.0 Å². The lowest BCUT2D eigenvalue weighted by Crippen LogP contribution is -2.19. The molecule has 0 spiro atoms. The standard InChI is InChI=1S/C21H22N4O/c1-5-18(26)17-6-12(2)14(9-23-17)16-7-13-8-24-20-19(15(13)10-22-16)21(3,4)11-25-20/h6-10H,5,11H2,1-4H3,(H,24,25). The highest BCUT2D eigenvalue weighted by molar-refractivity contribution is 5.95. The molecular formula is C21H22N4O. The van der Waals surface area contributed by atoms with Crippen molar-refractivity contribution in [3.8, 4) is 11.3 Å². The van der Waals surface area contributed by atoms with E-state index < -0.39 is 0 Å². The maximum absolute atomic E-state index is 11.9. The Hall–Kier alpha value is -2.82. The molecule has 0 atom stereocenters. The molecule has 0 aromatic carbocycles. The fourth-order valence-corrected chi connectivity index (χ4v) is 3.63. The molecule has 1 N–H and O–H groups in total. The Labute approximate surface area is 152 Å². The van der Waals surface area contributed by atoms with E-state index in [0.29, 0.717) is 12.1 Å². The lowest BCUT2D eigenvalue weighted by Gasteiger charge is -2.18. The Balaban J connectivity index is 1.82. The molecule has 4 heterocycles. The van der Waals surface area contributed by atoms with Gasteiger partial charge in [-0.15, -0.1) is 0 Å². The molecule has 0 bridgehead atoms. The smallest absolute Gasteiger partial charge is 0.180 e. The molecule has 26 heavy (non-hydrogen) atoms. The van der Waals surface area contributed by atoms with Crippen LogP contribution in [0, 0.1) is 6.92 Å². The molecular weight excluding hydrogens is 324 g/mol. The fourth-order valence-electron chi connectivity index (χ4n) is 3.63. The van der Waals surface area contributed by atoms with E-state index in [1.54, 1.807) is 6.20 Å². The molecule has 0 aliphatic carbocycles. The SMILES string of the molecule is CCC(=O)c1cc(C)c(-c2cc3cnc4c(c3cn2)C(C)(C)CN4)cn1. The molecule has 1 aliphatic heterocycles. The van der Waals surface area contributed by atoms with Gasteiger partial charge in [0.2, 0.25) is 0 Å². The summed E-state index contributed by atoms with van der Waals surface area (Å²) in [6, 6.07) is 3.91. The third kappa shape index (κ3) is 2.55. The molecule has 0 saturated carbocycles. The number of ketones is 1. The molecule has 0 fully saturated rings. The third-order valence-corrected chi connectivity index (χ3v) is 5.14. The number of carbonyl (C=O) groups is 1. The number of anilines is 1. The average Bonchev–Trinajstić information content (AvgIpc) is 2.95. The summed E-state index contributed by atoms with van der Waals surface area (Å²) >= 11 is 0. The summed E-state index contributed by atoms with van der Waals surface area (Å²) in [6.07, 6.45) is 6.04. The number of fused-ring (bicyclic) bond motifs is 3. The zero-order valence-electron chi connectivity index (χ0n) is 15.6. The normalized spacial score (nSPS) is 14.9. The molecule has 5 nitrogen and oxygen atoms in total. The van der Waals surface area contributed by atoms with Gasteiger partial charge in [-0.1, -0.05) is 20.8 Å². The van der Waals surface area contributed by atoms with Crippen molar-refractivity contribution in [1.82, 2.24) is 15.0 Å². The minimum Gasteiger partial charge on any atom is -0.369 e. The van der Waals surface area contributed by atoms with Crippen LogP contribution < -0.4 is 5.32 Å². The van der Waals surface area contributed by atoms with Gasteiger partial charge in [0.25, 0.3) is 0 Å². The van der Waals surface area contributed by atoms with Crippen molar-refractivity contribution in [2.75, 3.05) is 11.9 Å². The summed E-state index contributed by atoms with van der Waals surface area (Å²) in [6.45, 7) is 9.16. The van der Waals surface area contributed by atoms with Crippen LogP contribution in [-0.2, 0) is 5.41 Å². The van der Waals surface area contributed by atoms with E-state index in [9.17, 15) is 4.79 Å². The van der Waals surface area contributed by atoms with E-state index in [4.69, 9.17) is 4.98 Å². The van der Waals surface area contributed by atoms with Crippen molar-refractivity contribution in [2.24, 2.45) is 0 Å². The van der Waals surface area contributed by atoms with Crippen LogP contribution in [-0.4, -0.2) is 27.3 Å². The number of hydrogen-bond acceptors (Lipinski definition) is 5. The number of nitrogens with zero attached hydrogens (tertiary/aromatic N) is 3. The predicted octanol–water partition coefficient (Wildman–Crippen LogP) is 4.30. The van der Waals surface area contributed by atoms with Gasteiger partial charge < -0.3 is 5.32 Å². The predicted molar refractivity (Wildman–Crippen MR) is 104 cm³/mol. The maximum Gasteiger partial charge on any atom is 0.180 e. The van der Waals surface area contributed by atoms with Crippen LogP contribution in [0.15, 0.2) is 30.7 Å². The van der Waals surface area contributed by atoms with Crippen LogP contribution in [0.4, 0.5) is 5.82 Å². The first-order valence-electron chi connectivity index (χ1n) is 8.94. The topological polar surface area (TPSA) is 67.8 Å². The molecule has 5 heteroatoms. The average molecular weight is 346 g/mol. The van der Waals surface area contributed by atoms with Crippen molar-refractivity contribution in [3.05, 3.63) is 47.5 Å². The minimum absolute atomic E-state index is 0.0324. The number of aryl methyl sites for hydroxylation is 1. The van der Waals surface area contributed by atoms with Crippen molar-refractivity contribution in [2.45, 2.75) is 39.5 Å². The van der Waals surface area contributed by atoms with Gasteiger partial charge in [0.15, 0.2) is 5.78 Å². The summed E-state index contributed by atoms with van der Waals surface area (Å²) in [7, 11) is 0. The Bertz CT molecular complexity index is 1040. The largest absolute Gasteiger partial charge is 0.369 e. The highest BCUT2D eigenvalue weighted by atomic mass is 16.1. The van der Waals surface area contributed by atoms with Crippen LogP contribution in [0.2, 0.25) is 0 Å². The minimum atomic E-state index is 0.0324. The highest BCUT2D eigenvalue weighted by Crippen LogP contribution is 2.40. The molecule has 0 amide bonds. The zero-order valence-corrected chi connectivity index (χ0v) is 15.6. The number of hydrogen-bond donors (Lipinski definition) is 1. The second-order valence-electron chi connectivity index (χ2n) is 7.54. The third-order valence-electron chi connectivity index (χ3n) is 5.14. The molecule has 0 unspecified atom stereocenters. The van der Waals surface area contributed by atoms with E-state index in [1.165, 1.54) is 5.56 Å². The Kier molecular flexibility index (Phi) is 3.75. The van der Waals surface area contributed by atoms with Crippen molar-refractivity contribution >= 4 is 22.4 Å². The van der Waals surface area contributed by atoms with Gasteiger partial charge >= 0.3 is 0 Å². The quantitative estimate of drug-likeness (QED) is 0.716. The lowest BCUT2D eigenvalue weighted by molar-refractivity contribution is 0.0983. The maximum atomic E-state index is 11.9. The highest BCUT2D eigenvalue weighted by Gasteiger charge is 2.32. The van der Waals surface area contributed by atoms with E-state index in [1.807, 2.05) is 32.3 Å². The summed E-state index contributed by atoms with van der Waals surface area (Å²) in [5.74, 6) is 1.01. The van der Waals surface area contributed by atoms with Gasteiger partial charge in [-0.3, -0.25) is 14.8 Å². The summed E-state index contributed by atoms with van der Waals surface area (Å²) < 4.78 is 0. The lowest BCUT2D eigenvalue weighted by atomic mass is 9.85. The first kappa shape index (κ1) is 16.6. The first-order valence-corrected chi connectivity index (χ1v) is 8.94. The molecule has 4 rings (SSSR count).